The lowest BCUT2D eigenvalue weighted by molar-refractivity contribution is 0.0662. The third-order valence-corrected chi connectivity index (χ3v) is 3.12. The fourth-order valence-corrected chi connectivity index (χ4v) is 2.22. The summed E-state index contributed by atoms with van der Waals surface area (Å²) in [5.74, 6) is -2.20. The highest BCUT2D eigenvalue weighted by atomic mass is 79.9. The minimum Gasteiger partial charge on any atom is -0.383 e. The van der Waals surface area contributed by atoms with Gasteiger partial charge in [-0.1, -0.05) is 29.8 Å². The van der Waals surface area contributed by atoms with E-state index in [9.17, 15) is 13.6 Å². The average molecular weight is 350 g/mol. The Hall–Kier alpha value is -1.01. The molecular formula is C14H18BrF2NO2. The van der Waals surface area contributed by atoms with E-state index in [4.69, 9.17) is 4.74 Å². The SMILES string of the molecule is COCCN(CC(C)C)C(=O)c1c(F)cc(Br)cc1F. The van der Waals surface area contributed by atoms with Crippen molar-refractivity contribution in [3.8, 4) is 0 Å². The van der Waals surface area contributed by atoms with Crippen LogP contribution in [0.5, 0.6) is 0 Å². The Labute approximate surface area is 126 Å². The fourth-order valence-electron chi connectivity index (χ4n) is 1.82. The van der Waals surface area contributed by atoms with Crippen molar-refractivity contribution in [2.75, 3.05) is 26.8 Å². The van der Waals surface area contributed by atoms with E-state index in [1.807, 2.05) is 13.8 Å². The lowest BCUT2D eigenvalue weighted by Gasteiger charge is -2.24. The zero-order valence-corrected chi connectivity index (χ0v) is 13.3. The quantitative estimate of drug-likeness (QED) is 0.786. The molecule has 0 aromatic heterocycles. The van der Waals surface area contributed by atoms with Gasteiger partial charge in [-0.05, 0) is 18.1 Å². The Morgan fingerprint density at radius 1 is 1.35 bits per heavy atom. The minimum absolute atomic E-state index is 0.192. The maximum absolute atomic E-state index is 13.8. The van der Waals surface area contributed by atoms with E-state index in [-0.39, 0.29) is 10.4 Å². The fraction of sp³-hybridized carbons (Fsp3) is 0.500. The van der Waals surface area contributed by atoms with Gasteiger partial charge in [0.05, 0.1) is 6.61 Å². The molecule has 3 nitrogen and oxygen atoms in total. The van der Waals surface area contributed by atoms with Crippen LogP contribution in [-0.2, 0) is 4.74 Å². The monoisotopic (exact) mass is 349 g/mol. The number of hydrogen-bond donors (Lipinski definition) is 0. The van der Waals surface area contributed by atoms with Gasteiger partial charge in [0.1, 0.15) is 17.2 Å². The van der Waals surface area contributed by atoms with Gasteiger partial charge in [0, 0.05) is 24.7 Å². The van der Waals surface area contributed by atoms with E-state index >= 15 is 0 Å². The second-order valence-electron chi connectivity index (χ2n) is 4.88. The van der Waals surface area contributed by atoms with Crippen molar-refractivity contribution < 1.29 is 18.3 Å². The Kier molecular flexibility index (Phi) is 6.55. The smallest absolute Gasteiger partial charge is 0.259 e. The van der Waals surface area contributed by atoms with Gasteiger partial charge >= 0.3 is 0 Å². The molecule has 112 valence electrons. The van der Waals surface area contributed by atoms with Crippen molar-refractivity contribution in [2.24, 2.45) is 5.92 Å². The Bertz CT molecular complexity index is 457. The average Bonchev–Trinajstić information content (AvgIpc) is 2.32. The number of rotatable bonds is 6. The van der Waals surface area contributed by atoms with Crippen LogP contribution in [0, 0.1) is 17.6 Å². The molecule has 6 heteroatoms. The van der Waals surface area contributed by atoms with Crippen molar-refractivity contribution >= 4 is 21.8 Å². The van der Waals surface area contributed by atoms with Crippen LogP contribution >= 0.6 is 15.9 Å². The zero-order valence-electron chi connectivity index (χ0n) is 11.8. The van der Waals surface area contributed by atoms with E-state index in [1.165, 1.54) is 12.0 Å². The second kappa shape index (κ2) is 7.69. The third-order valence-electron chi connectivity index (χ3n) is 2.66. The molecular weight excluding hydrogens is 332 g/mol. The summed E-state index contributed by atoms with van der Waals surface area (Å²) in [4.78, 5) is 13.7. The van der Waals surface area contributed by atoms with Gasteiger partial charge in [0.15, 0.2) is 0 Å². The van der Waals surface area contributed by atoms with Crippen LogP contribution in [0.25, 0.3) is 0 Å². The lowest BCUT2D eigenvalue weighted by atomic mass is 10.1. The molecule has 0 saturated heterocycles. The van der Waals surface area contributed by atoms with Crippen LogP contribution in [0.4, 0.5) is 8.78 Å². The molecule has 0 fully saturated rings. The molecule has 0 aliphatic carbocycles. The van der Waals surface area contributed by atoms with Gasteiger partial charge in [-0.15, -0.1) is 0 Å². The lowest BCUT2D eigenvalue weighted by Crippen LogP contribution is -2.37. The van der Waals surface area contributed by atoms with Crippen molar-refractivity contribution in [1.29, 1.82) is 0 Å². The number of amides is 1. The highest BCUT2D eigenvalue weighted by molar-refractivity contribution is 9.10. The molecule has 0 radical (unpaired) electrons. The number of carbonyl (C=O) groups is 1. The second-order valence-corrected chi connectivity index (χ2v) is 5.80. The summed E-state index contributed by atoms with van der Waals surface area (Å²) >= 11 is 2.99. The molecule has 0 atom stereocenters. The van der Waals surface area contributed by atoms with E-state index in [1.54, 1.807) is 0 Å². The van der Waals surface area contributed by atoms with Gasteiger partial charge < -0.3 is 9.64 Å². The van der Waals surface area contributed by atoms with Crippen LogP contribution in [0.1, 0.15) is 24.2 Å². The first-order valence-electron chi connectivity index (χ1n) is 6.29. The molecule has 0 heterocycles. The van der Waals surface area contributed by atoms with Crippen molar-refractivity contribution in [3.05, 3.63) is 33.8 Å². The molecule has 0 aliphatic rings. The summed E-state index contributed by atoms with van der Waals surface area (Å²) in [6.45, 7) is 4.89. The van der Waals surface area contributed by atoms with Crippen LogP contribution in [0.15, 0.2) is 16.6 Å². The van der Waals surface area contributed by atoms with Gasteiger partial charge in [0.2, 0.25) is 0 Å². The molecule has 1 rings (SSSR count). The van der Waals surface area contributed by atoms with Crippen LogP contribution in [0.2, 0.25) is 0 Å². The van der Waals surface area contributed by atoms with Crippen molar-refractivity contribution in [3.63, 3.8) is 0 Å². The summed E-state index contributed by atoms with van der Waals surface area (Å²) in [6.07, 6.45) is 0. The van der Waals surface area contributed by atoms with Crippen molar-refractivity contribution in [2.45, 2.75) is 13.8 Å². The maximum Gasteiger partial charge on any atom is 0.259 e. The summed E-state index contributed by atoms with van der Waals surface area (Å²) < 4.78 is 32.9. The predicted molar refractivity (Wildman–Crippen MR) is 76.7 cm³/mol. The zero-order chi connectivity index (χ0) is 15.3. The van der Waals surface area contributed by atoms with Gasteiger partial charge in [-0.3, -0.25) is 4.79 Å². The number of ether oxygens (including phenoxy) is 1. The summed E-state index contributed by atoms with van der Waals surface area (Å²) in [7, 11) is 1.51. The van der Waals surface area contributed by atoms with E-state index in [0.29, 0.717) is 19.7 Å². The number of carbonyl (C=O) groups excluding carboxylic acids is 1. The topological polar surface area (TPSA) is 29.5 Å². The number of hydrogen-bond acceptors (Lipinski definition) is 2. The molecule has 1 aromatic carbocycles. The van der Waals surface area contributed by atoms with E-state index in [0.717, 1.165) is 12.1 Å². The molecule has 0 N–H and O–H groups in total. The first kappa shape index (κ1) is 17.0. The molecule has 0 bridgehead atoms. The third kappa shape index (κ3) is 4.52. The van der Waals surface area contributed by atoms with Gasteiger partial charge in [0.25, 0.3) is 5.91 Å². The van der Waals surface area contributed by atoms with Gasteiger partial charge in [-0.2, -0.15) is 0 Å². The van der Waals surface area contributed by atoms with E-state index in [2.05, 4.69) is 15.9 Å². The number of halogens is 3. The molecule has 1 amide bonds. The summed E-state index contributed by atoms with van der Waals surface area (Å²) in [6, 6.07) is 2.17. The summed E-state index contributed by atoms with van der Waals surface area (Å²) in [5, 5.41) is 0. The predicted octanol–water partition coefficient (Wildman–Crippen LogP) is 3.47. The van der Waals surface area contributed by atoms with Gasteiger partial charge in [-0.25, -0.2) is 8.78 Å². The Morgan fingerprint density at radius 3 is 2.35 bits per heavy atom. The molecule has 0 spiro atoms. The molecule has 20 heavy (non-hydrogen) atoms. The first-order valence-corrected chi connectivity index (χ1v) is 7.08. The normalized spacial score (nSPS) is 10.9. The largest absolute Gasteiger partial charge is 0.383 e. The molecule has 1 aromatic rings. The Morgan fingerprint density at radius 2 is 1.90 bits per heavy atom. The number of methoxy groups -OCH3 is 1. The minimum atomic E-state index is -0.868. The molecule has 0 unspecified atom stereocenters. The summed E-state index contributed by atoms with van der Waals surface area (Å²) in [5.41, 5.74) is -0.523. The Balaban J connectivity index is 3.05. The first-order chi connectivity index (χ1) is 9.36. The molecule has 0 saturated carbocycles. The molecule has 0 aliphatic heterocycles. The highest BCUT2D eigenvalue weighted by Gasteiger charge is 2.24. The van der Waals surface area contributed by atoms with Crippen LogP contribution in [0.3, 0.4) is 0 Å². The van der Waals surface area contributed by atoms with Crippen LogP contribution < -0.4 is 0 Å². The standard InChI is InChI=1S/C14H18BrF2NO2/c1-9(2)8-18(4-5-20-3)14(19)13-11(16)6-10(15)7-12(13)17/h6-7,9H,4-5,8H2,1-3H3. The van der Waals surface area contributed by atoms with E-state index < -0.39 is 23.1 Å². The number of nitrogens with zero attached hydrogens (tertiary/aromatic N) is 1. The number of benzene rings is 1. The van der Waals surface area contributed by atoms with Crippen molar-refractivity contribution in [1.82, 2.24) is 4.90 Å². The maximum atomic E-state index is 13.8. The van der Waals surface area contributed by atoms with Crippen LogP contribution in [-0.4, -0.2) is 37.6 Å². The highest BCUT2D eigenvalue weighted by Crippen LogP contribution is 2.21.